The first-order valence-corrected chi connectivity index (χ1v) is 7.65. The number of rotatable bonds is 3. The van der Waals surface area contributed by atoms with E-state index in [0.29, 0.717) is 12.5 Å². The molecule has 2 N–H and O–H groups in total. The van der Waals surface area contributed by atoms with Gasteiger partial charge in [0.05, 0.1) is 0 Å². The normalized spacial score (nSPS) is 23.1. The first kappa shape index (κ1) is 14.5. The zero-order valence-corrected chi connectivity index (χ0v) is 12.9. The molecule has 0 spiro atoms. The van der Waals surface area contributed by atoms with E-state index >= 15 is 0 Å². The number of nitrogens with two attached hydrogens (primary N) is 1. The summed E-state index contributed by atoms with van der Waals surface area (Å²) in [7, 11) is 1.91. The number of benzene rings is 1. The predicted molar refractivity (Wildman–Crippen MR) is 81.0 cm³/mol. The second kappa shape index (κ2) is 6.53. The maximum atomic E-state index is 12.5. The van der Waals surface area contributed by atoms with E-state index in [2.05, 4.69) is 15.9 Å². The van der Waals surface area contributed by atoms with E-state index in [4.69, 9.17) is 5.73 Å². The van der Waals surface area contributed by atoms with E-state index in [1.54, 1.807) is 0 Å². The summed E-state index contributed by atoms with van der Waals surface area (Å²) in [6.07, 6.45) is 4.64. The third-order valence-corrected chi connectivity index (χ3v) is 4.61. The Labute approximate surface area is 123 Å². The van der Waals surface area contributed by atoms with Crippen molar-refractivity contribution in [3.8, 4) is 0 Å². The molecule has 0 saturated heterocycles. The van der Waals surface area contributed by atoms with Crippen LogP contribution in [0.25, 0.3) is 0 Å². The Morgan fingerprint density at radius 2 is 1.95 bits per heavy atom. The van der Waals surface area contributed by atoms with Crippen molar-refractivity contribution in [1.29, 1.82) is 0 Å². The summed E-state index contributed by atoms with van der Waals surface area (Å²) < 4.78 is 0.990. The van der Waals surface area contributed by atoms with Gasteiger partial charge in [0, 0.05) is 23.1 Å². The summed E-state index contributed by atoms with van der Waals surface area (Å²) in [4.78, 5) is 14.4. The molecular formula is C15H21BrN2O. The Morgan fingerprint density at radius 3 is 2.58 bits per heavy atom. The molecule has 104 valence electrons. The summed E-state index contributed by atoms with van der Waals surface area (Å²) in [6.45, 7) is 0.669. The van der Waals surface area contributed by atoms with Gasteiger partial charge < -0.3 is 10.6 Å². The van der Waals surface area contributed by atoms with E-state index in [1.807, 2.05) is 36.2 Å². The summed E-state index contributed by atoms with van der Waals surface area (Å²) >= 11 is 3.39. The highest BCUT2D eigenvalue weighted by molar-refractivity contribution is 9.10. The number of amides is 1. The molecule has 2 rings (SSSR count). The minimum absolute atomic E-state index is 0.0952. The monoisotopic (exact) mass is 324 g/mol. The number of carbonyl (C=O) groups excluding carboxylic acids is 1. The van der Waals surface area contributed by atoms with Gasteiger partial charge in [0.2, 0.25) is 0 Å². The average molecular weight is 325 g/mol. The molecule has 0 heterocycles. The maximum absolute atomic E-state index is 12.5. The molecule has 0 bridgehead atoms. The van der Waals surface area contributed by atoms with Crippen LogP contribution in [0.5, 0.6) is 0 Å². The zero-order valence-electron chi connectivity index (χ0n) is 11.3. The summed E-state index contributed by atoms with van der Waals surface area (Å²) in [5.41, 5.74) is 6.59. The van der Waals surface area contributed by atoms with Gasteiger partial charge in [0.1, 0.15) is 0 Å². The van der Waals surface area contributed by atoms with Crippen molar-refractivity contribution in [2.75, 3.05) is 13.6 Å². The Bertz CT molecular complexity index is 432. The van der Waals surface area contributed by atoms with Gasteiger partial charge in [-0.05, 0) is 49.6 Å². The fourth-order valence-electron chi connectivity index (χ4n) is 2.92. The molecule has 2 unspecified atom stereocenters. The highest BCUT2D eigenvalue weighted by Crippen LogP contribution is 2.28. The van der Waals surface area contributed by atoms with Crippen LogP contribution in [-0.4, -0.2) is 30.4 Å². The molecular weight excluding hydrogens is 304 g/mol. The van der Waals surface area contributed by atoms with Gasteiger partial charge in [-0.1, -0.05) is 28.8 Å². The smallest absolute Gasteiger partial charge is 0.253 e. The third kappa shape index (κ3) is 3.37. The van der Waals surface area contributed by atoms with Gasteiger partial charge in [0.15, 0.2) is 0 Å². The maximum Gasteiger partial charge on any atom is 0.253 e. The van der Waals surface area contributed by atoms with Gasteiger partial charge in [-0.2, -0.15) is 0 Å². The molecule has 1 aliphatic rings. The lowest BCUT2D eigenvalue weighted by atomic mass is 9.83. The fourth-order valence-corrected chi connectivity index (χ4v) is 3.18. The van der Waals surface area contributed by atoms with Crippen molar-refractivity contribution in [2.24, 2.45) is 11.7 Å². The second-order valence-corrected chi connectivity index (χ2v) is 6.19. The second-order valence-electron chi connectivity index (χ2n) is 5.27. The molecule has 1 aromatic rings. The van der Waals surface area contributed by atoms with Crippen LogP contribution in [0, 0.1) is 5.92 Å². The van der Waals surface area contributed by atoms with Crippen LogP contribution in [0.2, 0.25) is 0 Å². The number of carbonyl (C=O) groups is 1. The fraction of sp³-hybridized carbons (Fsp3) is 0.533. The average Bonchev–Trinajstić information content (AvgIpc) is 2.46. The minimum atomic E-state index is 0.0952. The largest absolute Gasteiger partial charge is 0.338 e. The van der Waals surface area contributed by atoms with Crippen molar-refractivity contribution in [3.05, 3.63) is 34.3 Å². The topological polar surface area (TPSA) is 46.3 Å². The zero-order chi connectivity index (χ0) is 13.8. The highest BCUT2D eigenvalue weighted by Gasteiger charge is 2.30. The molecule has 1 amide bonds. The number of nitrogens with zero attached hydrogens (tertiary/aromatic N) is 1. The Morgan fingerprint density at radius 1 is 1.32 bits per heavy atom. The highest BCUT2D eigenvalue weighted by atomic mass is 79.9. The molecule has 19 heavy (non-hydrogen) atoms. The SMILES string of the molecule is CN(C(=O)c1ccc(Br)cc1)C1CCCCC1CN. The Kier molecular flexibility index (Phi) is 4.99. The molecule has 1 aliphatic carbocycles. The Balaban J connectivity index is 2.11. The van der Waals surface area contributed by atoms with E-state index in [-0.39, 0.29) is 11.9 Å². The predicted octanol–water partition coefficient (Wildman–Crippen LogP) is 3.04. The molecule has 3 nitrogen and oxygen atoms in total. The standard InChI is InChI=1S/C15H21BrN2O/c1-18(14-5-3-2-4-12(14)10-17)15(19)11-6-8-13(16)9-7-11/h6-9,12,14H,2-5,10,17H2,1H3. The lowest BCUT2D eigenvalue weighted by molar-refractivity contribution is 0.0620. The van der Waals surface area contributed by atoms with Gasteiger partial charge in [-0.3, -0.25) is 4.79 Å². The summed E-state index contributed by atoms with van der Waals surface area (Å²) in [6, 6.07) is 7.83. The van der Waals surface area contributed by atoms with E-state index in [1.165, 1.54) is 12.8 Å². The Hall–Kier alpha value is -0.870. The molecule has 2 atom stereocenters. The molecule has 0 aliphatic heterocycles. The first-order valence-electron chi connectivity index (χ1n) is 6.86. The molecule has 0 radical (unpaired) electrons. The van der Waals surface area contributed by atoms with Crippen LogP contribution in [0.15, 0.2) is 28.7 Å². The van der Waals surface area contributed by atoms with Crippen LogP contribution in [0.3, 0.4) is 0 Å². The third-order valence-electron chi connectivity index (χ3n) is 4.08. The van der Waals surface area contributed by atoms with Gasteiger partial charge in [-0.15, -0.1) is 0 Å². The number of halogens is 1. The van der Waals surface area contributed by atoms with Crippen molar-refractivity contribution < 1.29 is 4.79 Å². The van der Waals surface area contributed by atoms with Crippen molar-refractivity contribution >= 4 is 21.8 Å². The first-order chi connectivity index (χ1) is 9.13. The van der Waals surface area contributed by atoms with Crippen LogP contribution in [0.1, 0.15) is 36.0 Å². The number of hydrogen-bond acceptors (Lipinski definition) is 2. The molecule has 1 fully saturated rings. The van der Waals surface area contributed by atoms with Gasteiger partial charge in [-0.25, -0.2) is 0 Å². The van der Waals surface area contributed by atoms with Crippen LogP contribution in [-0.2, 0) is 0 Å². The lowest BCUT2D eigenvalue weighted by Gasteiger charge is -2.37. The van der Waals surface area contributed by atoms with Gasteiger partial charge in [0.25, 0.3) is 5.91 Å². The quantitative estimate of drug-likeness (QED) is 0.928. The van der Waals surface area contributed by atoms with Crippen molar-refractivity contribution in [1.82, 2.24) is 4.90 Å². The molecule has 1 aromatic carbocycles. The minimum Gasteiger partial charge on any atom is -0.338 e. The van der Waals surface area contributed by atoms with Crippen LogP contribution < -0.4 is 5.73 Å². The summed E-state index contributed by atoms with van der Waals surface area (Å²) in [5, 5.41) is 0. The number of hydrogen-bond donors (Lipinski definition) is 1. The molecule has 0 aromatic heterocycles. The molecule has 1 saturated carbocycles. The lowest BCUT2D eigenvalue weighted by Crippen LogP contribution is -2.45. The van der Waals surface area contributed by atoms with Crippen LogP contribution in [0.4, 0.5) is 0 Å². The van der Waals surface area contributed by atoms with Crippen LogP contribution >= 0.6 is 15.9 Å². The van der Waals surface area contributed by atoms with Crippen molar-refractivity contribution in [3.63, 3.8) is 0 Å². The van der Waals surface area contributed by atoms with Crippen molar-refractivity contribution in [2.45, 2.75) is 31.7 Å². The van der Waals surface area contributed by atoms with E-state index in [9.17, 15) is 4.79 Å². The van der Waals surface area contributed by atoms with E-state index < -0.39 is 0 Å². The summed E-state index contributed by atoms with van der Waals surface area (Å²) in [5.74, 6) is 0.538. The molecule has 4 heteroatoms. The van der Waals surface area contributed by atoms with E-state index in [0.717, 1.165) is 22.9 Å². The van der Waals surface area contributed by atoms with Gasteiger partial charge >= 0.3 is 0 Å².